The number of rotatable bonds is 15. The van der Waals surface area contributed by atoms with Crippen LogP contribution in [-0.4, -0.2) is 22.6 Å². The number of allylic oxidation sites excluding steroid dienone is 2. The molecule has 1 saturated carbocycles. The molecule has 1 aliphatic carbocycles. The topological polar surface area (TPSA) is 71.4 Å². The highest BCUT2D eigenvalue weighted by atomic mass is 16.4. The van der Waals surface area contributed by atoms with Gasteiger partial charge in [-0.05, 0) is 43.9 Å². The molecule has 0 unspecified atom stereocenters. The van der Waals surface area contributed by atoms with Gasteiger partial charge in [0.15, 0.2) is 0 Å². The van der Waals surface area contributed by atoms with Gasteiger partial charge in [-0.25, -0.2) is 0 Å². The molecule has 1 rings (SSSR count). The summed E-state index contributed by atoms with van der Waals surface area (Å²) in [7, 11) is 0. The zero-order valence-corrected chi connectivity index (χ0v) is 17.3. The first-order valence-corrected chi connectivity index (χ1v) is 10.9. The Morgan fingerprint density at radius 3 is 2.48 bits per heavy atom. The van der Waals surface area contributed by atoms with Crippen LogP contribution in [0.4, 0.5) is 0 Å². The van der Waals surface area contributed by atoms with E-state index in [0.29, 0.717) is 49.1 Å². The van der Waals surface area contributed by atoms with Crippen molar-refractivity contribution in [3.05, 3.63) is 12.2 Å². The van der Waals surface area contributed by atoms with E-state index in [2.05, 4.69) is 13.8 Å². The zero-order chi connectivity index (χ0) is 20.1. The maximum absolute atomic E-state index is 12.3. The predicted molar refractivity (Wildman–Crippen MR) is 109 cm³/mol. The SMILES string of the molecule is CCCCCCCC(=O)CC[C@H]1[C@H](C)CC(=O)[C@@H]1CC=CCCCC(=O)O. The Morgan fingerprint density at radius 1 is 1.04 bits per heavy atom. The Balaban J connectivity index is 2.33. The summed E-state index contributed by atoms with van der Waals surface area (Å²) in [6.45, 7) is 4.32. The monoisotopic (exact) mass is 378 g/mol. The lowest BCUT2D eigenvalue weighted by atomic mass is 9.83. The number of Topliss-reactive ketones (excluding diaryl/α,β-unsaturated/α-hetero) is 2. The Hall–Kier alpha value is -1.45. The minimum atomic E-state index is -0.765. The van der Waals surface area contributed by atoms with Crippen LogP contribution in [0.3, 0.4) is 0 Å². The summed E-state index contributed by atoms with van der Waals surface area (Å²) in [4.78, 5) is 35.0. The number of hydrogen-bond donors (Lipinski definition) is 1. The zero-order valence-electron chi connectivity index (χ0n) is 17.3. The minimum Gasteiger partial charge on any atom is -0.481 e. The molecule has 0 radical (unpaired) electrons. The summed E-state index contributed by atoms with van der Waals surface area (Å²) in [6, 6.07) is 0. The Labute approximate surface area is 164 Å². The number of carboxylic acid groups (broad SMARTS) is 1. The average Bonchev–Trinajstić information content (AvgIpc) is 2.88. The van der Waals surface area contributed by atoms with Crippen LogP contribution in [0.25, 0.3) is 0 Å². The molecular weight excluding hydrogens is 340 g/mol. The third-order valence-corrected chi connectivity index (χ3v) is 5.82. The molecular formula is C23H38O4. The highest BCUT2D eigenvalue weighted by Crippen LogP contribution is 2.39. The van der Waals surface area contributed by atoms with E-state index in [4.69, 9.17) is 5.11 Å². The van der Waals surface area contributed by atoms with Crippen LogP contribution in [-0.2, 0) is 14.4 Å². The molecule has 1 N–H and O–H groups in total. The van der Waals surface area contributed by atoms with Crippen LogP contribution in [0.1, 0.15) is 97.3 Å². The lowest BCUT2D eigenvalue weighted by Gasteiger charge is -2.20. The van der Waals surface area contributed by atoms with Gasteiger partial charge >= 0.3 is 5.97 Å². The van der Waals surface area contributed by atoms with E-state index < -0.39 is 5.97 Å². The van der Waals surface area contributed by atoms with Crippen LogP contribution in [0.5, 0.6) is 0 Å². The van der Waals surface area contributed by atoms with Crippen LogP contribution >= 0.6 is 0 Å². The molecule has 0 aliphatic heterocycles. The van der Waals surface area contributed by atoms with Crippen molar-refractivity contribution >= 4 is 17.5 Å². The standard InChI is InChI=1S/C23H38O4/c1-3-4-5-6-9-12-19(24)15-16-20-18(2)17-22(25)21(20)13-10-7-8-11-14-23(26)27/h7,10,18,20-21H,3-6,8-9,11-17H2,1-2H3,(H,26,27)/t18-,20+,21-/m1/s1. The summed E-state index contributed by atoms with van der Waals surface area (Å²) in [6.07, 6.45) is 14.9. The number of carbonyl (C=O) groups excluding carboxylic acids is 2. The van der Waals surface area contributed by atoms with Gasteiger partial charge in [-0.2, -0.15) is 0 Å². The summed E-state index contributed by atoms with van der Waals surface area (Å²) in [5, 5.41) is 8.64. The summed E-state index contributed by atoms with van der Waals surface area (Å²) >= 11 is 0. The molecule has 0 spiro atoms. The van der Waals surface area contributed by atoms with E-state index in [0.717, 1.165) is 32.1 Å². The molecule has 1 aliphatic rings. The maximum Gasteiger partial charge on any atom is 0.303 e. The highest BCUT2D eigenvalue weighted by molar-refractivity contribution is 5.84. The van der Waals surface area contributed by atoms with E-state index in [9.17, 15) is 14.4 Å². The van der Waals surface area contributed by atoms with E-state index >= 15 is 0 Å². The van der Waals surface area contributed by atoms with E-state index in [1.807, 2.05) is 12.2 Å². The first kappa shape index (κ1) is 23.6. The van der Waals surface area contributed by atoms with E-state index in [1.165, 1.54) is 19.3 Å². The number of carboxylic acids is 1. The lowest BCUT2D eigenvalue weighted by molar-refractivity contribution is -0.137. The third-order valence-electron chi connectivity index (χ3n) is 5.82. The molecule has 0 amide bonds. The normalized spacial score (nSPS) is 22.6. The maximum atomic E-state index is 12.3. The number of ketones is 2. The smallest absolute Gasteiger partial charge is 0.303 e. The number of carbonyl (C=O) groups is 3. The largest absolute Gasteiger partial charge is 0.481 e. The third kappa shape index (κ3) is 9.88. The summed E-state index contributed by atoms with van der Waals surface area (Å²) < 4.78 is 0. The van der Waals surface area contributed by atoms with Gasteiger partial charge in [-0.1, -0.05) is 51.7 Å². The van der Waals surface area contributed by atoms with Crippen molar-refractivity contribution in [1.29, 1.82) is 0 Å². The van der Waals surface area contributed by atoms with Gasteiger partial charge in [0.1, 0.15) is 11.6 Å². The summed E-state index contributed by atoms with van der Waals surface area (Å²) in [5.74, 6) is 0.618. The van der Waals surface area contributed by atoms with Crippen LogP contribution in [0.15, 0.2) is 12.2 Å². The minimum absolute atomic E-state index is 0.0353. The first-order valence-electron chi connectivity index (χ1n) is 10.9. The average molecular weight is 379 g/mol. The molecule has 0 heterocycles. The van der Waals surface area contributed by atoms with Crippen molar-refractivity contribution in [1.82, 2.24) is 0 Å². The van der Waals surface area contributed by atoms with Crippen molar-refractivity contribution in [2.24, 2.45) is 17.8 Å². The summed E-state index contributed by atoms with van der Waals surface area (Å²) in [5.41, 5.74) is 0. The van der Waals surface area contributed by atoms with Crippen LogP contribution in [0.2, 0.25) is 0 Å². The van der Waals surface area contributed by atoms with Crippen LogP contribution in [0, 0.1) is 17.8 Å². The molecule has 0 bridgehead atoms. The number of hydrogen-bond acceptors (Lipinski definition) is 3. The molecule has 154 valence electrons. The second-order valence-corrected chi connectivity index (χ2v) is 8.15. The molecule has 0 aromatic heterocycles. The van der Waals surface area contributed by atoms with Gasteiger partial charge in [0.05, 0.1) is 0 Å². The van der Waals surface area contributed by atoms with Crippen molar-refractivity contribution in [2.75, 3.05) is 0 Å². The van der Waals surface area contributed by atoms with Crippen LogP contribution < -0.4 is 0 Å². The number of unbranched alkanes of at least 4 members (excludes halogenated alkanes) is 5. The van der Waals surface area contributed by atoms with Crippen molar-refractivity contribution in [3.63, 3.8) is 0 Å². The molecule has 3 atom stereocenters. The van der Waals surface area contributed by atoms with Crippen molar-refractivity contribution < 1.29 is 19.5 Å². The van der Waals surface area contributed by atoms with Gasteiger partial charge < -0.3 is 5.11 Å². The Morgan fingerprint density at radius 2 is 1.78 bits per heavy atom. The molecule has 27 heavy (non-hydrogen) atoms. The predicted octanol–water partition coefficient (Wildman–Crippen LogP) is 5.74. The molecule has 0 aromatic carbocycles. The second-order valence-electron chi connectivity index (χ2n) is 8.15. The fourth-order valence-electron chi connectivity index (χ4n) is 4.16. The van der Waals surface area contributed by atoms with Gasteiger partial charge in [-0.15, -0.1) is 0 Å². The molecule has 0 aromatic rings. The fourth-order valence-corrected chi connectivity index (χ4v) is 4.16. The molecule has 4 nitrogen and oxygen atoms in total. The fraction of sp³-hybridized carbons (Fsp3) is 0.783. The quantitative estimate of drug-likeness (QED) is 0.291. The van der Waals surface area contributed by atoms with Gasteiger partial charge in [-0.3, -0.25) is 14.4 Å². The van der Waals surface area contributed by atoms with Gasteiger partial charge in [0.25, 0.3) is 0 Å². The Bertz CT molecular complexity index is 495. The van der Waals surface area contributed by atoms with Crippen molar-refractivity contribution in [2.45, 2.75) is 97.3 Å². The molecule has 4 heteroatoms. The molecule has 0 saturated heterocycles. The Kier molecular flexibility index (Phi) is 12.0. The van der Waals surface area contributed by atoms with Gasteiger partial charge in [0, 0.05) is 31.6 Å². The first-order chi connectivity index (χ1) is 13.0. The van der Waals surface area contributed by atoms with E-state index in [-0.39, 0.29) is 12.3 Å². The second kappa shape index (κ2) is 13.7. The lowest BCUT2D eigenvalue weighted by Crippen LogP contribution is -2.17. The highest BCUT2D eigenvalue weighted by Gasteiger charge is 2.38. The van der Waals surface area contributed by atoms with E-state index in [1.54, 1.807) is 0 Å². The molecule has 1 fully saturated rings. The van der Waals surface area contributed by atoms with Crippen molar-refractivity contribution in [3.8, 4) is 0 Å². The number of aliphatic carboxylic acids is 1. The van der Waals surface area contributed by atoms with Gasteiger partial charge in [0.2, 0.25) is 0 Å².